The van der Waals surface area contributed by atoms with Crippen LogP contribution in [0.2, 0.25) is 0 Å². The topological polar surface area (TPSA) is 44.2 Å². The fourth-order valence-electron chi connectivity index (χ4n) is 1.57. The molecule has 0 aliphatic carbocycles. The highest BCUT2D eigenvalue weighted by atomic mass is 16.5. The Morgan fingerprint density at radius 3 is 2.58 bits per heavy atom. The lowest BCUT2D eigenvalue weighted by molar-refractivity contribution is 0.292. The number of terminal acetylenes is 1. The lowest BCUT2D eigenvalue weighted by Crippen LogP contribution is -2.00. The van der Waals surface area contributed by atoms with Crippen LogP contribution in [0.5, 0.6) is 11.6 Å². The number of rotatable bonds is 4. The molecule has 2 aromatic rings. The van der Waals surface area contributed by atoms with E-state index >= 15 is 0 Å². The summed E-state index contributed by atoms with van der Waals surface area (Å²) >= 11 is 0. The van der Waals surface area contributed by atoms with Crippen molar-refractivity contribution in [3.05, 3.63) is 47.4 Å². The lowest BCUT2D eigenvalue weighted by Gasteiger charge is -2.07. The molecule has 0 spiro atoms. The molecule has 0 saturated carbocycles. The number of aryl methyl sites for hydroxylation is 1. The van der Waals surface area contributed by atoms with Gasteiger partial charge in [0, 0.05) is 6.07 Å². The van der Waals surface area contributed by atoms with Crippen LogP contribution < -0.4 is 9.47 Å². The van der Waals surface area contributed by atoms with Gasteiger partial charge in [-0.1, -0.05) is 12.1 Å². The van der Waals surface area contributed by atoms with Crippen molar-refractivity contribution < 1.29 is 9.47 Å². The molecule has 1 aromatic carbocycles. The molecule has 96 valence electrons. The SMILES string of the molecule is C#Cc1cc(OCc2ccc(OC)cc2)nc(C)n1. The molecule has 19 heavy (non-hydrogen) atoms. The molecule has 0 bridgehead atoms. The minimum atomic E-state index is 0.421. The summed E-state index contributed by atoms with van der Waals surface area (Å²) in [6, 6.07) is 9.30. The molecular formula is C15H14N2O2. The van der Waals surface area contributed by atoms with Gasteiger partial charge in [-0.25, -0.2) is 4.98 Å². The molecule has 4 heteroatoms. The molecule has 0 aliphatic rings. The molecule has 0 amide bonds. The second-order valence-corrected chi connectivity index (χ2v) is 3.92. The first-order valence-corrected chi connectivity index (χ1v) is 5.79. The zero-order chi connectivity index (χ0) is 13.7. The summed E-state index contributed by atoms with van der Waals surface area (Å²) in [5.41, 5.74) is 1.55. The normalized spacial score (nSPS) is 9.74. The summed E-state index contributed by atoms with van der Waals surface area (Å²) in [4.78, 5) is 8.26. The van der Waals surface area contributed by atoms with Crippen LogP contribution in [0.15, 0.2) is 30.3 Å². The number of hydrogen-bond acceptors (Lipinski definition) is 4. The number of nitrogens with zero attached hydrogens (tertiary/aromatic N) is 2. The smallest absolute Gasteiger partial charge is 0.218 e. The standard InChI is InChI=1S/C15H14N2O2/c1-4-13-9-15(17-11(2)16-13)19-10-12-5-7-14(18-3)8-6-12/h1,5-9H,10H2,2-3H3. The van der Waals surface area contributed by atoms with Crippen molar-refractivity contribution in [2.75, 3.05) is 7.11 Å². The number of hydrogen-bond donors (Lipinski definition) is 0. The van der Waals surface area contributed by atoms with E-state index in [2.05, 4.69) is 15.9 Å². The van der Waals surface area contributed by atoms with Gasteiger partial charge in [0.2, 0.25) is 5.88 Å². The van der Waals surface area contributed by atoms with Gasteiger partial charge in [0.1, 0.15) is 23.9 Å². The van der Waals surface area contributed by atoms with E-state index in [9.17, 15) is 0 Å². The Labute approximate surface area is 112 Å². The Hall–Kier alpha value is -2.54. The highest BCUT2D eigenvalue weighted by molar-refractivity contribution is 5.30. The molecule has 0 radical (unpaired) electrons. The highest BCUT2D eigenvalue weighted by Crippen LogP contribution is 2.14. The summed E-state index contributed by atoms with van der Waals surface area (Å²) in [6.45, 7) is 2.20. The van der Waals surface area contributed by atoms with E-state index < -0.39 is 0 Å². The van der Waals surface area contributed by atoms with Crippen molar-refractivity contribution in [1.29, 1.82) is 0 Å². The van der Waals surface area contributed by atoms with Gasteiger partial charge < -0.3 is 9.47 Å². The van der Waals surface area contributed by atoms with E-state index in [0.29, 0.717) is 24.0 Å². The number of benzene rings is 1. The first-order chi connectivity index (χ1) is 9.21. The molecule has 1 heterocycles. The first kappa shape index (κ1) is 12.9. The van der Waals surface area contributed by atoms with E-state index in [1.54, 1.807) is 20.1 Å². The van der Waals surface area contributed by atoms with E-state index in [1.807, 2.05) is 24.3 Å². The van der Waals surface area contributed by atoms with Gasteiger partial charge in [-0.3, -0.25) is 0 Å². The predicted octanol–water partition coefficient (Wildman–Crippen LogP) is 2.35. The Kier molecular flexibility index (Phi) is 3.99. The Morgan fingerprint density at radius 2 is 1.95 bits per heavy atom. The van der Waals surface area contributed by atoms with E-state index in [4.69, 9.17) is 15.9 Å². The average molecular weight is 254 g/mol. The van der Waals surface area contributed by atoms with Crippen LogP contribution in [0.4, 0.5) is 0 Å². The predicted molar refractivity (Wildman–Crippen MR) is 72.0 cm³/mol. The quantitative estimate of drug-likeness (QED) is 0.786. The monoisotopic (exact) mass is 254 g/mol. The maximum absolute atomic E-state index is 5.60. The minimum absolute atomic E-state index is 0.421. The molecule has 2 rings (SSSR count). The molecule has 1 aromatic heterocycles. The third-order valence-corrected chi connectivity index (χ3v) is 2.51. The Morgan fingerprint density at radius 1 is 1.21 bits per heavy atom. The van der Waals surface area contributed by atoms with Gasteiger partial charge in [-0.05, 0) is 30.5 Å². The van der Waals surface area contributed by atoms with Gasteiger partial charge in [0.05, 0.1) is 7.11 Å². The second kappa shape index (κ2) is 5.87. The zero-order valence-corrected chi connectivity index (χ0v) is 10.9. The summed E-state index contributed by atoms with van der Waals surface area (Å²) < 4.78 is 10.7. The minimum Gasteiger partial charge on any atom is -0.497 e. The van der Waals surface area contributed by atoms with Crippen molar-refractivity contribution in [2.24, 2.45) is 0 Å². The number of aromatic nitrogens is 2. The van der Waals surface area contributed by atoms with Crippen LogP contribution in [0.1, 0.15) is 17.1 Å². The number of ether oxygens (including phenoxy) is 2. The van der Waals surface area contributed by atoms with Crippen molar-refractivity contribution >= 4 is 0 Å². The van der Waals surface area contributed by atoms with Gasteiger partial charge in [-0.15, -0.1) is 6.42 Å². The molecule has 0 saturated heterocycles. The third-order valence-electron chi connectivity index (χ3n) is 2.51. The van der Waals surface area contributed by atoms with Crippen LogP contribution in [0.25, 0.3) is 0 Å². The summed E-state index contributed by atoms with van der Waals surface area (Å²) in [5, 5.41) is 0. The van der Waals surface area contributed by atoms with Crippen molar-refractivity contribution in [3.8, 4) is 24.0 Å². The summed E-state index contributed by atoms with van der Waals surface area (Å²) in [7, 11) is 1.64. The molecule has 4 nitrogen and oxygen atoms in total. The van der Waals surface area contributed by atoms with Crippen molar-refractivity contribution in [2.45, 2.75) is 13.5 Å². The summed E-state index contributed by atoms with van der Waals surface area (Å²) in [5.74, 6) is 4.37. The van der Waals surface area contributed by atoms with Crippen molar-refractivity contribution in [1.82, 2.24) is 9.97 Å². The van der Waals surface area contributed by atoms with Crippen LogP contribution in [0.3, 0.4) is 0 Å². The molecule has 0 N–H and O–H groups in total. The maximum atomic E-state index is 5.60. The van der Waals surface area contributed by atoms with Crippen LogP contribution in [-0.2, 0) is 6.61 Å². The first-order valence-electron chi connectivity index (χ1n) is 5.79. The maximum Gasteiger partial charge on any atom is 0.218 e. The molecule has 0 unspecified atom stereocenters. The zero-order valence-electron chi connectivity index (χ0n) is 10.9. The summed E-state index contributed by atoms with van der Waals surface area (Å²) in [6.07, 6.45) is 5.32. The highest BCUT2D eigenvalue weighted by Gasteiger charge is 2.02. The molecule has 0 fully saturated rings. The van der Waals surface area contributed by atoms with Crippen LogP contribution in [-0.4, -0.2) is 17.1 Å². The number of methoxy groups -OCH3 is 1. The molecule has 0 atom stereocenters. The largest absolute Gasteiger partial charge is 0.497 e. The van der Waals surface area contributed by atoms with Crippen LogP contribution >= 0.6 is 0 Å². The van der Waals surface area contributed by atoms with Crippen molar-refractivity contribution in [3.63, 3.8) is 0 Å². The van der Waals surface area contributed by atoms with E-state index in [0.717, 1.165) is 11.3 Å². The van der Waals surface area contributed by atoms with Gasteiger partial charge in [0.15, 0.2) is 0 Å². The molecular weight excluding hydrogens is 240 g/mol. The fourth-order valence-corrected chi connectivity index (χ4v) is 1.57. The second-order valence-electron chi connectivity index (χ2n) is 3.92. The van der Waals surface area contributed by atoms with Crippen LogP contribution in [0, 0.1) is 19.3 Å². The Balaban J connectivity index is 2.05. The van der Waals surface area contributed by atoms with E-state index in [-0.39, 0.29) is 0 Å². The Bertz CT molecular complexity index is 601. The van der Waals surface area contributed by atoms with Gasteiger partial charge in [-0.2, -0.15) is 4.98 Å². The lowest BCUT2D eigenvalue weighted by atomic mass is 10.2. The van der Waals surface area contributed by atoms with Gasteiger partial charge >= 0.3 is 0 Å². The third kappa shape index (κ3) is 3.46. The average Bonchev–Trinajstić information content (AvgIpc) is 2.45. The van der Waals surface area contributed by atoms with Gasteiger partial charge in [0.25, 0.3) is 0 Å². The fraction of sp³-hybridized carbons (Fsp3) is 0.200. The van der Waals surface area contributed by atoms with E-state index in [1.165, 1.54) is 0 Å². The molecule has 0 aliphatic heterocycles.